The lowest BCUT2D eigenvalue weighted by molar-refractivity contribution is 0.191. The molecule has 0 aromatic rings. The van der Waals surface area contributed by atoms with Gasteiger partial charge in [0, 0.05) is 18.6 Å². The lowest BCUT2D eigenvalue weighted by Gasteiger charge is -2.28. The molecule has 2 heteroatoms. The molecule has 0 aromatic heterocycles. The first kappa shape index (κ1) is 10.0. The summed E-state index contributed by atoms with van der Waals surface area (Å²) >= 11 is 0. The molecule has 72 valence electrons. The average molecular weight is 170 g/mol. The first-order valence-electron chi connectivity index (χ1n) is 5.09. The van der Waals surface area contributed by atoms with E-state index in [0.717, 1.165) is 6.04 Å². The molecule has 2 atom stereocenters. The fourth-order valence-corrected chi connectivity index (χ4v) is 1.89. The molecule has 1 aliphatic heterocycles. The first-order chi connectivity index (χ1) is 5.65. The summed E-state index contributed by atoms with van der Waals surface area (Å²) < 4.78 is 0. The largest absolute Gasteiger partial charge is 0.302 e. The highest BCUT2D eigenvalue weighted by Gasteiger charge is 2.22. The fourth-order valence-electron chi connectivity index (χ4n) is 1.89. The second-order valence-corrected chi connectivity index (χ2v) is 4.05. The SMILES string of the molecule is CCN1CCC(C)N(C)C(C)C1. The summed E-state index contributed by atoms with van der Waals surface area (Å²) in [4.78, 5) is 5.04. The summed E-state index contributed by atoms with van der Waals surface area (Å²) in [6.07, 6.45) is 1.31. The first-order valence-corrected chi connectivity index (χ1v) is 5.09. The summed E-state index contributed by atoms with van der Waals surface area (Å²) in [5.74, 6) is 0. The van der Waals surface area contributed by atoms with Crippen molar-refractivity contribution in [2.45, 2.75) is 39.3 Å². The average Bonchev–Trinajstić information content (AvgIpc) is 2.19. The summed E-state index contributed by atoms with van der Waals surface area (Å²) in [7, 11) is 2.24. The minimum atomic E-state index is 0.711. The number of hydrogen-bond acceptors (Lipinski definition) is 2. The molecule has 0 bridgehead atoms. The number of likely N-dealkylation sites (N-methyl/N-ethyl adjacent to an activating group) is 2. The Morgan fingerprint density at radius 2 is 1.92 bits per heavy atom. The Balaban J connectivity index is 2.53. The molecule has 0 aliphatic carbocycles. The number of hydrogen-bond donors (Lipinski definition) is 0. The van der Waals surface area contributed by atoms with E-state index in [1.54, 1.807) is 0 Å². The van der Waals surface area contributed by atoms with Crippen molar-refractivity contribution >= 4 is 0 Å². The number of nitrogens with zero attached hydrogens (tertiary/aromatic N) is 2. The normalized spacial score (nSPS) is 35.0. The quantitative estimate of drug-likeness (QED) is 0.587. The highest BCUT2D eigenvalue weighted by atomic mass is 15.2. The van der Waals surface area contributed by atoms with E-state index in [1.807, 2.05) is 0 Å². The van der Waals surface area contributed by atoms with Gasteiger partial charge in [0.15, 0.2) is 0 Å². The zero-order valence-corrected chi connectivity index (χ0v) is 8.88. The second kappa shape index (κ2) is 4.24. The van der Waals surface area contributed by atoms with Gasteiger partial charge in [0.1, 0.15) is 0 Å². The minimum Gasteiger partial charge on any atom is -0.302 e. The summed E-state index contributed by atoms with van der Waals surface area (Å²) in [6.45, 7) is 10.6. The van der Waals surface area contributed by atoms with Crippen LogP contribution in [0.1, 0.15) is 27.2 Å². The molecule has 2 nitrogen and oxygen atoms in total. The fraction of sp³-hybridized carbons (Fsp3) is 1.00. The van der Waals surface area contributed by atoms with Gasteiger partial charge in [-0.25, -0.2) is 0 Å². The highest BCUT2D eigenvalue weighted by Crippen LogP contribution is 2.13. The predicted molar refractivity (Wildman–Crippen MR) is 53.4 cm³/mol. The zero-order valence-electron chi connectivity index (χ0n) is 8.88. The van der Waals surface area contributed by atoms with Gasteiger partial charge in [-0.15, -0.1) is 0 Å². The van der Waals surface area contributed by atoms with Crippen molar-refractivity contribution < 1.29 is 0 Å². The van der Waals surface area contributed by atoms with E-state index < -0.39 is 0 Å². The van der Waals surface area contributed by atoms with Gasteiger partial charge in [-0.3, -0.25) is 4.90 Å². The molecule has 0 aromatic carbocycles. The van der Waals surface area contributed by atoms with Crippen LogP contribution in [0, 0.1) is 0 Å². The van der Waals surface area contributed by atoms with Gasteiger partial charge in [-0.05, 0) is 40.4 Å². The van der Waals surface area contributed by atoms with E-state index in [1.165, 1.54) is 26.1 Å². The van der Waals surface area contributed by atoms with Crippen LogP contribution in [0.15, 0.2) is 0 Å². The Kier molecular flexibility index (Phi) is 3.53. The van der Waals surface area contributed by atoms with Crippen molar-refractivity contribution in [1.29, 1.82) is 0 Å². The van der Waals surface area contributed by atoms with Crippen LogP contribution in [0.2, 0.25) is 0 Å². The Bertz CT molecular complexity index is 136. The van der Waals surface area contributed by atoms with Gasteiger partial charge in [0.05, 0.1) is 0 Å². The lowest BCUT2D eigenvalue weighted by atomic mass is 10.2. The summed E-state index contributed by atoms with van der Waals surface area (Å²) in [5, 5.41) is 0. The Morgan fingerprint density at radius 3 is 2.50 bits per heavy atom. The van der Waals surface area contributed by atoms with E-state index in [0.29, 0.717) is 6.04 Å². The van der Waals surface area contributed by atoms with E-state index in [9.17, 15) is 0 Å². The van der Waals surface area contributed by atoms with Crippen molar-refractivity contribution in [3.63, 3.8) is 0 Å². The monoisotopic (exact) mass is 170 g/mol. The van der Waals surface area contributed by atoms with Gasteiger partial charge in [0.25, 0.3) is 0 Å². The molecule has 0 amide bonds. The number of rotatable bonds is 1. The van der Waals surface area contributed by atoms with Crippen LogP contribution in [0.4, 0.5) is 0 Å². The Hall–Kier alpha value is -0.0800. The van der Waals surface area contributed by atoms with Gasteiger partial charge in [-0.2, -0.15) is 0 Å². The van der Waals surface area contributed by atoms with Crippen LogP contribution >= 0.6 is 0 Å². The molecule has 1 fully saturated rings. The minimum absolute atomic E-state index is 0.711. The third-order valence-corrected chi connectivity index (χ3v) is 3.22. The van der Waals surface area contributed by atoms with E-state index in [2.05, 4.69) is 37.6 Å². The van der Waals surface area contributed by atoms with Gasteiger partial charge >= 0.3 is 0 Å². The predicted octanol–water partition coefficient (Wildman–Crippen LogP) is 1.42. The molecule has 1 heterocycles. The molecule has 1 rings (SSSR count). The summed E-state index contributed by atoms with van der Waals surface area (Å²) in [6, 6.07) is 1.46. The van der Waals surface area contributed by atoms with Gasteiger partial charge in [0.2, 0.25) is 0 Å². The van der Waals surface area contributed by atoms with Gasteiger partial charge < -0.3 is 4.90 Å². The Morgan fingerprint density at radius 1 is 1.25 bits per heavy atom. The molecule has 1 saturated heterocycles. The molecule has 1 aliphatic rings. The molecule has 12 heavy (non-hydrogen) atoms. The Labute approximate surface area is 76.5 Å². The molecule has 0 N–H and O–H groups in total. The highest BCUT2D eigenvalue weighted by molar-refractivity contribution is 4.78. The molecule has 0 saturated carbocycles. The van der Waals surface area contributed by atoms with Crippen molar-refractivity contribution in [2.75, 3.05) is 26.7 Å². The van der Waals surface area contributed by atoms with Crippen molar-refractivity contribution in [1.82, 2.24) is 9.80 Å². The van der Waals surface area contributed by atoms with E-state index >= 15 is 0 Å². The topological polar surface area (TPSA) is 6.48 Å². The van der Waals surface area contributed by atoms with Crippen LogP contribution in [0.3, 0.4) is 0 Å². The van der Waals surface area contributed by atoms with Crippen LogP contribution in [0.5, 0.6) is 0 Å². The van der Waals surface area contributed by atoms with Crippen LogP contribution < -0.4 is 0 Å². The summed E-state index contributed by atoms with van der Waals surface area (Å²) in [5.41, 5.74) is 0. The maximum atomic E-state index is 2.55. The smallest absolute Gasteiger partial charge is 0.0194 e. The van der Waals surface area contributed by atoms with Gasteiger partial charge in [-0.1, -0.05) is 6.92 Å². The maximum Gasteiger partial charge on any atom is 0.0194 e. The maximum absolute atomic E-state index is 2.55. The van der Waals surface area contributed by atoms with Crippen LogP contribution in [0.25, 0.3) is 0 Å². The molecular weight excluding hydrogens is 148 g/mol. The van der Waals surface area contributed by atoms with E-state index in [4.69, 9.17) is 0 Å². The van der Waals surface area contributed by atoms with Crippen molar-refractivity contribution in [3.05, 3.63) is 0 Å². The molecule has 2 unspecified atom stereocenters. The third kappa shape index (κ3) is 2.20. The van der Waals surface area contributed by atoms with Crippen LogP contribution in [-0.4, -0.2) is 48.6 Å². The molecule has 0 radical (unpaired) electrons. The van der Waals surface area contributed by atoms with Crippen LogP contribution in [-0.2, 0) is 0 Å². The second-order valence-electron chi connectivity index (χ2n) is 4.05. The van der Waals surface area contributed by atoms with Crippen molar-refractivity contribution in [2.24, 2.45) is 0 Å². The van der Waals surface area contributed by atoms with Crippen molar-refractivity contribution in [3.8, 4) is 0 Å². The van der Waals surface area contributed by atoms with E-state index in [-0.39, 0.29) is 0 Å². The zero-order chi connectivity index (χ0) is 9.14. The molecule has 0 spiro atoms. The molecular formula is C10H22N2. The third-order valence-electron chi connectivity index (χ3n) is 3.22. The standard InChI is InChI=1S/C10H22N2/c1-5-12-7-6-9(2)11(4)10(3)8-12/h9-10H,5-8H2,1-4H3. The lowest BCUT2D eigenvalue weighted by Crippen LogP contribution is -2.39.